The third-order valence-electron chi connectivity index (χ3n) is 3.28. The lowest BCUT2D eigenvalue weighted by molar-refractivity contribution is 0.387. The molecule has 0 radical (unpaired) electrons. The van der Waals surface area contributed by atoms with Crippen LogP contribution >= 0.6 is 0 Å². The van der Waals surface area contributed by atoms with E-state index in [-0.39, 0.29) is 0 Å². The van der Waals surface area contributed by atoms with Gasteiger partial charge in [-0.1, -0.05) is 88.1 Å². The lowest BCUT2D eigenvalue weighted by Crippen LogP contribution is -2.14. The molecule has 0 aliphatic rings. The second-order valence-corrected chi connectivity index (χ2v) is 5.59. The molecule has 0 aliphatic carbocycles. The van der Waals surface area contributed by atoms with Crippen molar-refractivity contribution in [2.24, 2.45) is 0 Å². The fraction of sp³-hybridized carbons (Fsp3) is 0.720. The number of hydrogen-bond acceptors (Lipinski definition) is 2. The summed E-state index contributed by atoms with van der Waals surface area (Å²) in [5, 5.41) is 0. The fourth-order valence-electron chi connectivity index (χ4n) is 1.90. The lowest BCUT2D eigenvalue weighted by Gasteiger charge is -2.10. The zero-order chi connectivity index (χ0) is 23.0. The fourth-order valence-corrected chi connectivity index (χ4v) is 1.90. The average molecular weight is 396 g/mol. The van der Waals surface area contributed by atoms with Gasteiger partial charge in [-0.2, -0.15) is 0 Å². The molecule has 28 heavy (non-hydrogen) atoms. The quantitative estimate of drug-likeness (QED) is 0.508. The molecule has 1 heterocycles. The number of unbranched alkanes of at least 4 members (excludes halogenated alkanes) is 1. The molecule has 0 spiro atoms. The third kappa shape index (κ3) is 18.0. The average Bonchev–Trinajstić information content (AvgIpc) is 3.16. The van der Waals surface area contributed by atoms with E-state index in [1.165, 1.54) is 23.9 Å². The maximum Gasteiger partial charge on any atom is 0.0958 e. The topological polar surface area (TPSA) is 21.1 Å². The van der Waals surface area contributed by atoms with Gasteiger partial charge in [-0.3, -0.25) is 0 Å². The Morgan fingerprint density at radius 1 is 0.857 bits per heavy atom. The monoisotopic (exact) mass is 395 g/mol. The highest BCUT2D eigenvalue weighted by atomic mass is 15.1. The molecular weight excluding hydrogens is 342 g/mol. The van der Waals surface area contributed by atoms with E-state index in [9.17, 15) is 0 Å². The van der Waals surface area contributed by atoms with E-state index < -0.39 is 0 Å². The van der Waals surface area contributed by atoms with Crippen LogP contribution in [0, 0.1) is 6.92 Å². The first-order chi connectivity index (χ1) is 13.6. The summed E-state index contributed by atoms with van der Waals surface area (Å²) < 4.78 is 2.24. The molecule has 1 aromatic heterocycles. The van der Waals surface area contributed by atoms with Crippen LogP contribution in [0.2, 0.25) is 0 Å². The lowest BCUT2D eigenvalue weighted by atomic mass is 10.2. The molecule has 0 amide bonds. The molecule has 1 aromatic carbocycles. The van der Waals surface area contributed by atoms with Gasteiger partial charge in [0.25, 0.3) is 0 Å². The van der Waals surface area contributed by atoms with E-state index >= 15 is 0 Å². The van der Waals surface area contributed by atoms with Crippen molar-refractivity contribution in [2.45, 2.75) is 102 Å². The molecule has 0 bridgehead atoms. The number of aryl methyl sites for hydroxylation is 2. The second kappa shape index (κ2) is 27.9. The van der Waals surface area contributed by atoms with E-state index in [1.54, 1.807) is 0 Å². The van der Waals surface area contributed by atoms with Crippen molar-refractivity contribution in [2.75, 3.05) is 20.6 Å². The van der Waals surface area contributed by atoms with Crippen LogP contribution in [0.25, 0.3) is 11.0 Å². The van der Waals surface area contributed by atoms with Gasteiger partial charge in [-0.25, -0.2) is 4.98 Å². The summed E-state index contributed by atoms with van der Waals surface area (Å²) in [5.74, 6) is 0. The van der Waals surface area contributed by atoms with Crippen molar-refractivity contribution in [3.63, 3.8) is 0 Å². The Labute approximate surface area is 178 Å². The Kier molecular flexibility index (Phi) is 34.0. The van der Waals surface area contributed by atoms with Gasteiger partial charge >= 0.3 is 0 Å². The summed E-state index contributed by atoms with van der Waals surface area (Å²) in [4.78, 5) is 6.62. The van der Waals surface area contributed by atoms with Crippen molar-refractivity contribution in [1.29, 1.82) is 0 Å². The molecule has 3 heteroatoms. The van der Waals surface area contributed by atoms with Crippen molar-refractivity contribution in [3.8, 4) is 0 Å². The van der Waals surface area contributed by atoms with Crippen LogP contribution in [0.5, 0.6) is 0 Å². The maximum absolute atomic E-state index is 4.41. The molecule has 2 aromatic rings. The van der Waals surface area contributed by atoms with E-state index in [0.717, 1.165) is 25.0 Å². The number of imidazole rings is 1. The SMILES string of the molecule is CC.CC.CC.CC.CCCC.Cc1ccc2ncn(CCCN(C)C)c2c1. The highest BCUT2D eigenvalue weighted by Crippen LogP contribution is 2.14. The summed E-state index contributed by atoms with van der Waals surface area (Å²) in [6.45, 7) is 24.6. The van der Waals surface area contributed by atoms with Crippen LogP contribution in [-0.2, 0) is 6.54 Å². The Morgan fingerprint density at radius 3 is 1.79 bits per heavy atom. The zero-order valence-corrected chi connectivity index (χ0v) is 21.7. The molecular formula is C25H53N3. The molecule has 0 saturated carbocycles. The van der Waals surface area contributed by atoms with Crippen molar-refractivity contribution < 1.29 is 0 Å². The highest BCUT2D eigenvalue weighted by Gasteiger charge is 2.02. The zero-order valence-electron chi connectivity index (χ0n) is 21.7. The first kappa shape index (κ1) is 34.2. The summed E-state index contributed by atoms with van der Waals surface area (Å²) >= 11 is 0. The first-order valence-electron chi connectivity index (χ1n) is 11.6. The standard InChI is InChI=1S/C13H19N3.C4H10.4C2H6/c1-11-5-6-12-13(9-11)16(10-14-12)8-4-7-15(2)3;1-3-4-2;4*1-2/h5-6,9-10H,4,7-8H2,1-3H3;3-4H2,1-2H3;4*1-2H3. The largest absolute Gasteiger partial charge is 0.331 e. The number of nitrogens with zero attached hydrogens (tertiary/aromatic N) is 3. The minimum absolute atomic E-state index is 1.04. The Balaban J connectivity index is -0.000000203. The summed E-state index contributed by atoms with van der Waals surface area (Å²) in [6, 6.07) is 6.41. The van der Waals surface area contributed by atoms with Gasteiger partial charge in [0.05, 0.1) is 17.4 Å². The van der Waals surface area contributed by atoms with E-state index in [0.29, 0.717) is 0 Å². The summed E-state index contributed by atoms with van der Waals surface area (Å²) in [5.41, 5.74) is 3.64. The number of fused-ring (bicyclic) bond motifs is 1. The number of aromatic nitrogens is 2. The van der Waals surface area contributed by atoms with Gasteiger partial charge < -0.3 is 9.47 Å². The summed E-state index contributed by atoms with van der Waals surface area (Å²) in [6.07, 6.45) is 5.74. The molecule has 168 valence electrons. The van der Waals surface area contributed by atoms with Crippen LogP contribution in [0.3, 0.4) is 0 Å². The van der Waals surface area contributed by atoms with Crippen LogP contribution in [0.1, 0.15) is 94.1 Å². The van der Waals surface area contributed by atoms with Crippen LogP contribution in [0.15, 0.2) is 24.5 Å². The maximum atomic E-state index is 4.41. The van der Waals surface area contributed by atoms with Gasteiger partial charge in [0.2, 0.25) is 0 Å². The molecule has 3 nitrogen and oxygen atoms in total. The molecule has 0 N–H and O–H groups in total. The van der Waals surface area contributed by atoms with Gasteiger partial charge in [-0.15, -0.1) is 0 Å². The Bertz CT molecular complexity index is 499. The van der Waals surface area contributed by atoms with Crippen molar-refractivity contribution in [1.82, 2.24) is 14.5 Å². The normalized spacial score (nSPS) is 8.50. The smallest absolute Gasteiger partial charge is 0.0958 e. The van der Waals surface area contributed by atoms with Crippen LogP contribution in [-0.4, -0.2) is 35.1 Å². The summed E-state index contributed by atoms with van der Waals surface area (Å²) in [7, 11) is 4.21. The Morgan fingerprint density at radius 2 is 1.36 bits per heavy atom. The van der Waals surface area contributed by atoms with Crippen LogP contribution in [0.4, 0.5) is 0 Å². The highest BCUT2D eigenvalue weighted by molar-refractivity contribution is 5.75. The molecule has 0 unspecified atom stereocenters. The van der Waals surface area contributed by atoms with Crippen molar-refractivity contribution >= 4 is 11.0 Å². The van der Waals surface area contributed by atoms with E-state index in [2.05, 4.69) is 67.5 Å². The predicted octanol–water partition coefficient (Wildman–Crippen LogP) is 8.21. The molecule has 0 atom stereocenters. The number of rotatable bonds is 5. The van der Waals surface area contributed by atoms with E-state index in [1.807, 2.05) is 61.7 Å². The van der Waals surface area contributed by atoms with Crippen molar-refractivity contribution in [3.05, 3.63) is 30.1 Å². The molecule has 0 fully saturated rings. The number of hydrogen-bond donors (Lipinski definition) is 0. The predicted molar refractivity (Wildman–Crippen MR) is 134 cm³/mol. The molecule has 0 aliphatic heterocycles. The molecule has 2 rings (SSSR count). The van der Waals surface area contributed by atoms with Crippen LogP contribution < -0.4 is 0 Å². The van der Waals surface area contributed by atoms with Gasteiger partial charge in [0.15, 0.2) is 0 Å². The first-order valence-corrected chi connectivity index (χ1v) is 11.6. The minimum Gasteiger partial charge on any atom is -0.331 e. The van der Waals surface area contributed by atoms with Gasteiger partial charge in [-0.05, 0) is 51.7 Å². The number of benzene rings is 1. The Hall–Kier alpha value is -1.35. The van der Waals surface area contributed by atoms with Gasteiger partial charge in [0.1, 0.15) is 0 Å². The van der Waals surface area contributed by atoms with E-state index in [4.69, 9.17) is 0 Å². The third-order valence-corrected chi connectivity index (χ3v) is 3.28. The van der Waals surface area contributed by atoms with Gasteiger partial charge in [0, 0.05) is 6.54 Å². The molecule has 0 saturated heterocycles. The minimum atomic E-state index is 1.04. The second-order valence-electron chi connectivity index (χ2n) is 5.59.